The molecule has 1 aromatic heterocycles. The van der Waals surface area contributed by atoms with Crippen LogP contribution in [-0.4, -0.2) is 15.5 Å². The molecule has 0 saturated heterocycles. The van der Waals surface area contributed by atoms with E-state index < -0.39 is 17.5 Å². The van der Waals surface area contributed by atoms with Gasteiger partial charge in [0.2, 0.25) is 0 Å². The molecule has 0 unspecified atom stereocenters. The lowest BCUT2D eigenvalue weighted by Crippen LogP contribution is -2.29. The maximum Gasteiger partial charge on any atom is 0.283 e. The summed E-state index contributed by atoms with van der Waals surface area (Å²) in [7, 11) is 0. The van der Waals surface area contributed by atoms with E-state index in [1.807, 2.05) is 0 Å². The first-order valence-electron chi connectivity index (χ1n) is 4.88. The van der Waals surface area contributed by atoms with Crippen molar-refractivity contribution in [1.29, 1.82) is 0 Å². The number of hydrazine groups is 1. The Balaban J connectivity index is 2.04. The van der Waals surface area contributed by atoms with Crippen LogP contribution in [-0.2, 0) is 0 Å². The van der Waals surface area contributed by atoms with E-state index >= 15 is 0 Å². The largest absolute Gasteiger partial charge is 0.295 e. The Labute approximate surface area is 105 Å². The number of hydrogen-bond donors (Lipinski definition) is 2. The Morgan fingerprint density at radius 3 is 2.78 bits per heavy atom. The van der Waals surface area contributed by atoms with Crippen LogP contribution in [0, 0.1) is 18.6 Å². The fourth-order valence-corrected chi connectivity index (χ4v) is 1.76. The first-order valence-corrected chi connectivity index (χ1v) is 5.65. The van der Waals surface area contributed by atoms with Gasteiger partial charge in [0.15, 0.2) is 5.82 Å². The Morgan fingerprint density at radius 2 is 2.17 bits per heavy atom. The van der Waals surface area contributed by atoms with Crippen molar-refractivity contribution in [2.45, 2.75) is 6.92 Å². The zero-order valence-electron chi connectivity index (χ0n) is 9.20. The summed E-state index contributed by atoms with van der Waals surface area (Å²) in [4.78, 5) is 12.0. The second-order valence-corrected chi connectivity index (χ2v) is 4.14. The molecule has 2 aromatic rings. The van der Waals surface area contributed by atoms with Gasteiger partial charge in [-0.25, -0.2) is 8.78 Å². The van der Waals surface area contributed by atoms with Crippen LogP contribution in [0.15, 0.2) is 18.2 Å². The summed E-state index contributed by atoms with van der Waals surface area (Å²) in [5.41, 5.74) is 5.10. The number of rotatable bonds is 3. The topological polar surface area (TPSA) is 66.9 Å². The van der Waals surface area contributed by atoms with Gasteiger partial charge in [-0.05, 0) is 30.6 Å². The highest BCUT2D eigenvalue weighted by Crippen LogP contribution is 2.14. The van der Waals surface area contributed by atoms with Crippen molar-refractivity contribution in [1.82, 2.24) is 15.0 Å². The smallest absolute Gasteiger partial charge is 0.283 e. The Hall–Kier alpha value is -2.09. The predicted octanol–water partition coefficient (Wildman–Crippen LogP) is 1.88. The third-order valence-corrected chi connectivity index (χ3v) is 2.93. The average Bonchev–Trinajstić information content (AvgIpc) is 2.74. The van der Waals surface area contributed by atoms with Gasteiger partial charge in [0.25, 0.3) is 5.91 Å². The molecule has 0 atom stereocenters. The van der Waals surface area contributed by atoms with Crippen molar-refractivity contribution < 1.29 is 13.6 Å². The number of anilines is 1. The first-order chi connectivity index (χ1) is 8.58. The zero-order chi connectivity index (χ0) is 13.1. The van der Waals surface area contributed by atoms with E-state index in [2.05, 4.69) is 20.4 Å². The highest BCUT2D eigenvalue weighted by molar-refractivity contribution is 7.08. The summed E-state index contributed by atoms with van der Waals surface area (Å²) in [6, 6.07) is 2.98. The normalized spacial score (nSPS) is 10.2. The van der Waals surface area contributed by atoms with Crippen molar-refractivity contribution in [3.8, 4) is 0 Å². The van der Waals surface area contributed by atoms with Crippen LogP contribution in [0.3, 0.4) is 0 Å². The highest BCUT2D eigenvalue weighted by Gasteiger charge is 2.13. The number of hydrogen-bond acceptors (Lipinski definition) is 5. The Kier molecular flexibility index (Phi) is 3.47. The van der Waals surface area contributed by atoms with E-state index in [9.17, 15) is 13.6 Å². The second-order valence-electron chi connectivity index (χ2n) is 3.39. The summed E-state index contributed by atoms with van der Waals surface area (Å²) >= 11 is 0.933. The molecule has 94 valence electrons. The summed E-state index contributed by atoms with van der Waals surface area (Å²) in [6.45, 7) is 1.64. The molecule has 0 spiro atoms. The first kappa shape index (κ1) is 12.4. The van der Waals surface area contributed by atoms with Gasteiger partial charge in [0.1, 0.15) is 10.7 Å². The van der Waals surface area contributed by atoms with Gasteiger partial charge in [0, 0.05) is 6.07 Å². The summed E-state index contributed by atoms with van der Waals surface area (Å²) in [5, 5.41) is 3.68. The van der Waals surface area contributed by atoms with Gasteiger partial charge in [-0.2, -0.15) is 0 Å². The number of nitrogens with one attached hydrogen (secondary N) is 2. The van der Waals surface area contributed by atoms with E-state index in [-0.39, 0.29) is 5.69 Å². The van der Waals surface area contributed by atoms with Crippen LogP contribution in [0.4, 0.5) is 14.5 Å². The van der Waals surface area contributed by atoms with Crippen molar-refractivity contribution in [2.24, 2.45) is 0 Å². The van der Waals surface area contributed by atoms with Crippen LogP contribution < -0.4 is 10.9 Å². The minimum absolute atomic E-state index is 0.0279. The lowest BCUT2D eigenvalue weighted by Gasteiger charge is -2.08. The number of aromatic nitrogens is 2. The number of carbonyl (C=O) groups excluding carboxylic acids is 1. The molecule has 5 nitrogen and oxygen atoms in total. The molecule has 18 heavy (non-hydrogen) atoms. The third-order valence-electron chi connectivity index (χ3n) is 2.10. The molecule has 1 aromatic carbocycles. The van der Waals surface area contributed by atoms with Crippen molar-refractivity contribution in [3.63, 3.8) is 0 Å². The van der Waals surface area contributed by atoms with Crippen molar-refractivity contribution in [2.75, 3.05) is 5.43 Å². The van der Waals surface area contributed by atoms with E-state index in [4.69, 9.17) is 0 Å². The van der Waals surface area contributed by atoms with Crippen LogP contribution in [0.5, 0.6) is 0 Å². The monoisotopic (exact) mass is 270 g/mol. The van der Waals surface area contributed by atoms with E-state index in [1.54, 1.807) is 6.92 Å². The van der Waals surface area contributed by atoms with Crippen LogP contribution in [0.25, 0.3) is 0 Å². The van der Waals surface area contributed by atoms with Crippen molar-refractivity contribution >= 4 is 23.1 Å². The maximum atomic E-state index is 13.2. The highest BCUT2D eigenvalue weighted by atomic mass is 32.1. The molecule has 1 amide bonds. The third kappa shape index (κ3) is 2.59. The minimum Gasteiger partial charge on any atom is -0.295 e. The number of amides is 1. The molecule has 0 fully saturated rings. The quantitative estimate of drug-likeness (QED) is 0.836. The van der Waals surface area contributed by atoms with E-state index in [0.717, 1.165) is 17.6 Å². The number of nitrogens with zero attached hydrogens (tertiary/aromatic N) is 2. The molecular formula is C10H8F2N4OS. The Morgan fingerprint density at radius 1 is 1.39 bits per heavy atom. The van der Waals surface area contributed by atoms with Crippen LogP contribution >= 0.6 is 11.5 Å². The maximum absolute atomic E-state index is 13.2. The molecule has 0 aliphatic heterocycles. The van der Waals surface area contributed by atoms with Gasteiger partial charge in [0.05, 0.1) is 11.4 Å². The summed E-state index contributed by atoms with van der Waals surface area (Å²) in [5.74, 6) is -1.97. The van der Waals surface area contributed by atoms with E-state index in [1.165, 1.54) is 6.07 Å². The van der Waals surface area contributed by atoms with Gasteiger partial charge >= 0.3 is 0 Å². The van der Waals surface area contributed by atoms with Crippen LogP contribution in [0.2, 0.25) is 0 Å². The SMILES string of the molecule is Cc1nnsc1C(=O)NNc1ccc(F)cc1F. The van der Waals surface area contributed by atoms with Gasteiger partial charge in [-0.3, -0.25) is 15.6 Å². The molecule has 0 bridgehead atoms. The van der Waals surface area contributed by atoms with Crippen LogP contribution in [0.1, 0.15) is 15.4 Å². The molecule has 2 N–H and O–H groups in total. The minimum atomic E-state index is -0.797. The molecular weight excluding hydrogens is 262 g/mol. The lowest BCUT2D eigenvalue weighted by atomic mass is 10.3. The predicted molar refractivity (Wildman–Crippen MR) is 62.1 cm³/mol. The molecule has 0 aliphatic rings. The Bertz CT molecular complexity index is 587. The molecule has 0 saturated carbocycles. The fraction of sp³-hybridized carbons (Fsp3) is 0.100. The molecule has 0 radical (unpaired) electrons. The molecule has 1 heterocycles. The standard InChI is InChI=1S/C10H8F2N4OS/c1-5-9(18-16-13-5)10(17)15-14-8-3-2-6(11)4-7(8)12/h2-4,14H,1H3,(H,15,17). The van der Waals surface area contributed by atoms with Gasteiger partial charge in [-0.1, -0.05) is 4.49 Å². The second kappa shape index (κ2) is 5.05. The summed E-state index contributed by atoms with van der Waals surface area (Å²) in [6.07, 6.45) is 0. The molecule has 2 rings (SSSR count). The van der Waals surface area contributed by atoms with Gasteiger partial charge < -0.3 is 0 Å². The number of carbonyl (C=O) groups is 1. The number of benzene rings is 1. The number of aryl methyl sites for hydroxylation is 1. The van der Waals surface area contributed by atoms with Gasteiger partial charge in [-0.15, -0.1) is 5.10 Å². The summed E-state index contributed by atoms with van der Waals surface area (Å²) < 4.78 is 29.5. The molecule has 8 heteroatoms. The van der Waals surface area contributed by atoms with E-state index in [0.29, 0.717) is 16.6 Å². The van der Waals surface area contributed by atoms with Crippen molar-refractivity contribution in [3.05, 3.63) is 40.4 Å². The molecule has 0 aliphatic carbocycles. The lowest BCUT2D eigenvalue weighted by molar-refractivity contribution is 0.0966. The zero-order valence-corrected chi connectivity index (χ0v) is 10.0. The number of halogens is 2. The average molecular weight is 270 g/mol. The fourth-order valence-electron chi connectivity index (χ4n) is 1.21.